The summed E-state index contributed by atoms with van der Waals surface area (Å²) in [6.07, 6.45) is 8.63. The van der Waals surface area contributed by atoms with Gasteiger partial charge in [-0.05, 0) is 18.9 Å². The van der Waals surface area contributed by atoms with Gasteiger partial charge in [-0.2, -0.15) is 15.2 Å². The largest absolute Gasteiger partial charge is 0.450 e. The van der Waals surface area contributed by atoms with Crippen LogP contribution in [0.3, 0.4) is 0 Å². The van der Waals surface area contributed by atoms with Gasteiger partial charge >= 0.3 is 0 Å². The van der Waals surface area contributed by atoms with Crippen LogP contribution in [0.15, 0.2) is 35.6 Å². The third-order valence-corrected chi connectivity index (χ3v) is 6.35. The zero-order valence-electron chi connectivity index (χ0n) is 19.2. The van der Waals surface area contributed by atoms with Crippen LogP contribution in [0.2, 0.25) is 5.02 Å². The summed E-state index contributed by atoms with van der Waals surface area (Å²) < 4.78 is 10.8. The second-order valence-electron chi connectivity index (χ2n) is 8.34. The van der Waals surface area contributed by atoms with Crippen LogP contribution >= 0.6 is 11.6 Å². The Labute approximate surface area is 203 Å². The van der Waals surface area contributed by atoms with E-state index >= 15 is 0 Å². The summed E-state index contributed by atoms with van der Waals surface area (Å²) >= 11 is 6.75. The van der Waals surface area contributed by atoms with Crippen LogP contribution in [-0.2, 0) is 14.1 Å². The summed E-state index contributed by atoms with van der Waals surface area (Å²) in [6.45, 7) is 0. The summed E-state index contributed by atoms with van der Waals surface area (Å²) in [4.78, 5) is 26.0. The van der Waals surface area contributed by atoms with Crippen molar-refractivity contribution in [2.24, 2.45) is 14.1 Å². The van der Waals surface area contributed by atoms with E-state index in [0.717, 1.165) is 18.5 Å². The average Bonchev–Trinajstić information content (AvgIpc) is 3.55. The number of nitrogens with zero attached hydrogens (tertiary/aromatic N) is 8. The molecule has 1 fully saturated rings. The Balaban J connectivity index is 1.38. The summed E-state index contributed by atoms with van der Waals surface area (Å²) in [5.74, 6) is 2.25. The number of fused-ring (bicyclic) bond motifs is 2. The summed E-state index contributed by atoms with van der Waals surface area (Å²) in [7, 11) is 5.21. The van der Waals surface area contributed by atoms with E-state index in [1.165, 1.54) is 10.9 Å². The third kappa shape index (κ3) is 3.53. The number of anilines is 3. The summed E-state index contributed by atoms with van der Waals surface area (Å²) in [5.41, 5.74) is 2.68. The van der Waals surface area contributed by atoms with E-state index in [0.29, 0.717) is 56.6 Å². The van der Waals surface area contributed by atoms with Gasteiger partial charge in [0.25, 0.3) is 5.56 Å². The number of imidazole rings is 1. The average molecular weight is 493 g/mol. The molecule has 12 nitrogen and oxygen atoms in total. The van der Waals surface area contributed by atoms with Crippen LogP contribution in [0, 0.1) is 0 Å². The maximum absolute atomic E-state index is 12.7. The first-order valence-corrected chi connectivity index (χ1v) is 11.4. The molecule has 0 amide bonds. The second-order valence-corrected chi connectivity index (χ2v) is 8.72. The first-order chi connectivity index (χ1) is 16.9. The Morgan fingerprint density at radius 3 is 2.74 bits per heavy atom. The minimum atomic E-state index is -0.244. The Morgan fingerprint density at radius 2 is 1.97 bits per heavy atom. The zero-order chi connectivity index (χ0) is 24.3. The van der Waals surface area contributed by atoms with Crippen molar-refractivity contribution in [3.63, 3.8) is 0 Å². The van der Waals surface area contributed by atoms with Gasteiger partial charge in [0.05, 0.1) is 18.1 Å². The van der Waals surface area contributed by atoms with Gasteiger partial charge in [-0.25, -0.2) is 19.2 Å². The minimum Gasteiger partial charge on any atom is -0.450 e. The molecule has 13 heteroatoms. The Hall–Kier alpha value is -4.19. The molecule has 0 atom stereocenters. The molecule has 0 aliphatic heterocycles. The first-order valence-electron chi connectivity index (χ1n) is 11.0. The molecule has 5 aromatic rings. The number of aryl methyl sites for hydroxylation is 2. The van der Waals surface area contributed by atoms with Crippen LogP contribution in [0.4, 0.5) is 17.5 Å². The smallest absolute Gasteiger partial charge is 0.290 e. The molecule has 0 spiro atoms. The molecule has 1 saturated carbocycles. The van der Waals surface area contributed by atoms with Crippen LogP contribution in [0.1, 0.15) is 24.5 Å². The van der Waals surface area contributed by atoms with Crippen LogP contribution in [0.5, 0.6) is 11.5 Å². The van der Waals surface area contributed by atoms with E-state index in [-0.39, 0.29) is 5.56 Å². The molecule has 35 heavy (non-hydrogen) atoms. The number of hydrogen-bond acceptors (Lipinski definition) is 9. The summed E-state index contributed by atoms with van der Waals surface area (Å²) in [5, 5.41) is 15.2. The molecule has 178 valence electrons. The molecule has 1 aliphatic rings. The number of rotatable bonds is 6. The van der Waals surface area contributed by atoms with Gasteiger partial charge in [0.2, 0.25) is 5.95 Å². The fraction of sp³-hybridized carbons (Fsp3) is 0.273. The summed E-state index contributed by atoms with van der Waals surface area (Å²) in [6, 6.07) is 1.79. The van der Waals surface area contributed by atoms with Gasteiger partial charge in [-0.3, -0.25) is 4.79 Å². The molecular weight excluding hydrogens is 472 g/mol. The van der Waals surface area contributed by atoms with Crippen molar-refractivity contribution in [2.75, 3.05) is 17.7 Å². The minimum absolute atomic E-state index is 0.244. The fourth-order valence-corrected chi connectivity index (χ4v) is 4.31. The van der Waals surface area contributed by atoms with E-state index in [1.54, 1.807) is 54.9 Å². The molecular formula is C22H21ClN10O2. The van der Waals surface area contributed by atoms with Crippen LogP contribution in [-0.4, -0.2) is 46.0 Å². The lowest BCUT2D eigenvalue weighted by Gasteiger charge is -2.10. The molecule has 2 N–H and O–H groups in total. The number of hydrogen-bond donors (Lipinski definition) is 2. The molecule has 0 unspecified atom stereocenters. The number of pyridine rings is 1. The van der Waals surface area contributed by atoms with Gasteiger partial charge in [-0.15, -0.1) is 0 Å². The molecule has 0 radical (unpaired) electrons. The van der Waals surface area contributed by atoms with Crippen molar-refractivity contribution in [3.05, 3.63) is 51.9 Å². The molecule has 0 aromatic carbocycles. The monoisotopic (exact) mass is 492 g/mol. The Kier molecular flexibility index (Phi) is 4.85. The van der Waals surface area contributed by atoms with E-state index in [2.05, 4.69) is 35.8 Å². The highest BCUT2D eigenvalue weighted by Gasteiger charge is 2.27. The van der Waals surface area contributed by atoms with Crippen LogP contribution in [0.25, 0.3) is 16.7 Å². The van der Waals surface area contributed by atoms with E-state index in [9.17, 15) is 4.79 Å². The normalized spacial score (nSPS) is 13.5. The maximum atomic E-state index is 12.7. The molecule has 0 saturated heterocycles. The van der Waals surface area contributed by atoms with Crippen molar-refractivity contribution in [1.82, 2.24) is 38.9 Å². The predicted molar refractivity (Wildman–Crippen MR) is 131 cm³/mol. The van der Waals surface area contributed by atoms with Gasteiger partial charge in [0.1, 0.15) is 16.2 Å². The van der Waals surface area contributed by atoms with Gasteiger partial charge in [-0.1, -0.05) is 11.6 Å². The Morgan fingerprint density at radius 1 is 1.14 bits per heavy atom. The Bertz CT molecular complexity index is 1670. The molecule has 6 rings (SSSR count). The maximum Gasteiger partial charge on any atom is 0.290 e. The molecule has 0 bridgehead atoms. The highest BCUT2D eigenvalue weighted by molar-refractivity contribution is 6.36. The number of ether oxygens (including phenoxy) is 1. The lowest BCUT2D eigenvalue weighted by molar-refractivity contribution is 0.486. The van der Waals surface area contributed by atoms with Crippen molar-refractivity contribution < 1.29 is 4.74 Å². The molecule has 5 heterocycles. The van der Waals surface area contributed by atoms with Crippen LogP contribution < -0.4 is 20.9 Å². The zero-order valence-corrected chi connectivity index (χ0v) is 19.9. The SMILES string of the molecule is CNc1nccn2ncc(Oc3cnc4nc(Nc5cc(C6CC6)nn(C)c5=O)n(C)c4c3Cl)c12. The molecule has 1 aliphatic carbocycles. The number of aromatic nitrogens is 8. The highest BCUT2D eigenvalue weighted by Crippen LogP contribution is 2.40. The predicted octanol–water partition coefficient (Wildman–Crippen LogP) is 3.21. The molecule has 5 aromatic heterocycles. The lowest BCUT2D eigenvalue weighted by Crippen LogP contribution is -2.23. The van der Waals surface area contributed by atoms with Gasteiger partial charge in [0, 0.05) is 39.5 Å². The number of nitrogens with one attached hydrogen (secondary N) is 2. The topological polar surface area (TPSA) is 129 Å². The lowest BCUT2D eigenvalue weighted by atomic mass is 10.2. The fourth-order valence-electron chi connectivity index (χ4n) is 4.01. The number of halogens is 1. The quantitative estimate of drug-likeness (QED) is 0.367. The van der Waals surface area contributed by atoms with Gasteiger partial charge < -0.3 is 19.9 Å². The van der Waals surface area contributed by atoms with E-state index in [4.69, 9.17) is 16.3 Å². The van der Waals surface area contributed by atoms with Gasteiger partial charge in [0.15, 0.2) is 28.5 Å². The van der Waals surface area contributed by atoms with E-state index < -0.39 is 0 Å². The van der Waals surface area contributed by atoms with E-state index in [1.807, 2.05) is 0 Å². The standard InChI is InChI=1S/C22H21ClN10O2/c1-24-19-17-15(10-27-33(17)7-6-25-19)35-14-9-26-20-18(16(14)23)31(2)22(29-20)28-13-8-12(11-4-5-11)30-32(3)21(13)34/h6-11H,4-5H2,1-3H3,(H,24,25)(H,26,28,29). The first kappa shape index (κ1) is 21.4. The van der Waals surface area contributed by atoms with Crippen molar-refractivity contribution in [1.29, 1.82) is 0 Å². The van der Waals surface area contributed by atoms with Crippen molar-refractivity contribution in [2.45, 2.75) is 18.8 Å². The third-order valence-electron chi connectivity index (χ3n) is 5.98. The second kappa shape index (κ2) is 7.94. The van der Waals surface area contributed by atoms with Crippen molar-refractivity contribution in [3.8, 4) is 11.5 Å². The van der Waals surface area contributed by atoms with Crippen molar-refractivity contribution >= 4 is 45.7 Å². The highest BCUT2D eigenvalue weighted by atomic mass is 35.5.